The van der Waals surface area contributed by atoms with E-state index >= 15 is 0 Å². The first-order valence-electron chi connectivity index (χ1n) is 6.18. The number of piperazine rings is 1. The Kier molecular flexibility index (Phi) is 3.12. The van der Waals surface area contributed by atoms with Crippen LogP contribution in [0.25, 0.3) is 0 Å². The van der Waals surface area contributed by atoms with Crippen molar-refractivity contribution in [3.63, 3.8) is 0 Å². The molecule has 0 radical (unpaired) electrons. The molecule has 2 aromatic rings. The maximum absolute atomic E-state index is 12.1. The standard InChI is InChI=1S/C14H12N4O2/c19-13-11(9-5-1-3-7-15-9)17-14(20)12(18-13)10-6-2-4-8-16-10/h1-8,11-12H,(H,17,20)(H,18,19). The molecule has 3 rings (SSSR count). The molecule has 2 N–H and O–H groups in total. The van der Waals surface area contributed by atoms with Gasteiger partial charge in [-0.3, -0.25) is 19.6 Å². The third-order valence-corrected chi connectivity index (χ3v) is 3.06. The van der Waals surface area contributed by atoms with E-state index in [0.717, 1.165) is 0 Å². The second-order valence-electron chi connectivity index (χ2n) is 4.39. The Bertz CT molecular complexity index is 573. The lowest BCUT2D eigenvalue weighted by molar-refractivity contribution is -0.137. The molecule has 2 amide bonds. The predicted molar refractivity (Wildman–Crippen MR) is 70.2 cm³/mol. The zero-order valence-corrected chi connectivity index (χ0v) is 10.5. The van der Waals surface area contributed by atoms with E-state index in [4.69, 9.17) is 0 Å². The number of amides is 2. The molecule has 20 heavy (non-hydrogen) atoms. The van der Waals surface area contributed by atoms with Gasteiger partial charge in [-0.1, -0.05) is 12.1 Å². The third kappa shape index (κ3) is 2.23. The number of hydrogen-bond donors (Lipinski definition) is 2. The van der Waals surface area contributed by atoms with Gasteiger partial charge in [0.25, 0.3) is 0 Å². The largest absolute Gasteiger partial charge is 0.337 e. The molecule has 0 bridgehead atoms. The van der Waals surface area contributed by atoms with E-state index in [1.54, 1.807) is 48.8 Å². The molecule has 3 heterocycles. The van der Waals surface area contributed by atoms with Gasteiger partial charge in [-0.05, 0) is 24.3 Å². The van der Waals surface area contributed by atoms with Gasteiger partial charge in [0, 0.05) is 12.4 Å². The van der Waals surface area contributed by atoms with Crippen molar-refractivity contribution in [2.24, 2.45) is 0 Å². The van der Waals surface area contributed by atoms with Crippen LogP contribution < -0.4 is 10.6 Å². The van der Waals surface area contributed by atoms with E-state index in [-0.39, 0.29) is 11.8 Å². The van der Waals surface area contributed by atoms with E-state index in [1.807, 2.05) is 0 Å². The fourth-order valence-electron chi connectivity index (χ4n) is 2.09. The molecule has 2 aromatic heterocycles. The van der Waals surface area contributed by atoms with Crippen LogP contribution >= 0.6 is 0 Å². The summed E-state index contributed by atoms with van der Waals surface area (Å²) in [6, 6.07) is 8.93. The molecule has 0 saturated carbocycles. The van der Waals surface area contributed by atoms with Gasteiger partial charge in [0.1, 0.15) is 0 Å². The molecular formula is C14H12N4O2. The molecule has 0 spiro atoms. The minimum Gasteiger partial charge on any atom is -0.337 e. The van der Waals surface area contributed by atoms with Crippen molar-refractivity contribution in [1.29, 1.82) is 0 Å². The first-order valence-corrected chi connectivity index (χ1v) is 6.18. The summed E-state index contributed by atoms with van der Waals surface area (Å²) in [6.45, 7) is 0. The van der Waals surface area contributed by atoms with Crippen molar-refractivity contribution in [2.45, 2.75) is 12.1 Å². The average molecular weight is 268 g/mol. The number of pyridine rings is 2. The fourth-order valence-corrected chi connectivity index (χ4v) is 2.09. The second kappa shape index (κ2) is 5.08. The van der Waals surface area contributed by atoms with Gasteiger partial charge < -0.3 is 10.6 Å². The van der Waals surface area contributed by atoms with Gasteiger partial charge in [0.15, 0.2) is 12.1 Å². The van der Waals surface area contributed by atoms with Crippen LogP contribution in [0.2, 0.25) is 0 Å². The Labute approximate surface area is 115 Å². The highest BCUT2D eigenvalue weighted by Crippen LogP contribution is 2.20. The average Bonchev–Trinajstić information content (AvgIpc) is 2.51. The molecule has 0 aliphatic carbocycles. The van der Waals surface area contributed by atoms with Crippen molar-refractivity contribution in [3.05, 3.63) is 60.2 Å². The number of carbonyl (C=O) groups is 2. The molecule has 1 saturated heterocycles. The number of nitrogens with one attached hydrogen (secondary N) is 2. The molecule has 2 unspecified atom stereocenters. The normalized spacial score (nSPS) is 22.0. The second-order valence-corrected chi connectivity index (χ2v) is 4.39. The number of aromatic nitrogens is 2. The van der Waals surface area contributed by atoms with E-state index in [2.05, 4.69) is 20.6 Å². The topological polar surface area (TPSA) is 84.0 Å². The first kappa shape index (κ1) is 12.3. The Balaban J connectivity index is 1.84. The number of nitrogens with zero attached hydrogens (tertiary/aromatic N) is 2. The predicted octanol–water partition coefficient (Wildman–Crippen LogP) is 0.505. The summed E-state index contributed by atoms with van der Waals surface area (Å²) in [6.07, 6.45) is 3.17. The van der Waals surface area contributed by atoms with Crippen LogP contribution in [-0.4, -0.2) is 21.8 Å². The maximum Gasteiger partial charge on any atom is 0.249 e. The van der Waals surface area contributed by atoms with Gasteiger partial charge in [-0.2, -0.15) is 0 Å². The van der Waals surface area contributed by atoms with Crippen LogP contribution in [0.1, 0.15) is 23.5 Å². The van der Waals surface area contributed by atoms with Crippen molar-refractivity contribution < 1.29 is 9.59 Å². The zero-order chi connectivity index (χ0) is 13.9. The van der Waals surface area contributed by atoms with Crippen molar-refractivity contribution in [3.8, 4) is 0 Å². The Morgan fingerprint density at radius 3 is 1.55 bits per heavy atom. The molecule has 1 aliphatic heterocycles. The minimum absolute atomic E-state index is 0.293. The summed E-state index contributed by atoms with van der Waals surface area (Å²) in [7, 11) is 0. The van der Waals surface area contributed by atoms with E-state index < -0.39 is 12.1 Å². The highest BCUT2D eigenvalue weighted by molar-refractivity contribution is 5.97. The Morgan fingerprint density at radius 2 is 1.20 bits per heavy atom. The first-order chi connectivity index (χ1) is 9.75. The van der Waals surface area contributed by atoms with Crippen LogP contribution in [0.3, 0.4) is 0 Å². The SMILES string of the molecule is O=C1NC(c2ccccn2)C(=O)NC1c1ccccn1. The van der Waals surface area contributed by atoms with Crippen LogP contribution in [0.4, 0.5) is 0 Å². The molecule has 6 nitrogen and oxygen atoms in total. The molecular weight excluding hydrogens is 256 g/mol. The Hall–Kier alpha value is -2.76. The van der Waals surface area contributed by atoms with Gasteiger partial charge in [-0.25, -0.2) is 0 Å². The van der Waals surface area contributed by atoms with E-state index in [1.165, 1.54) is 0 Å². The summed E-state index contributed by atoms with van der Waals surface area (Å²) in [5, 5.41) is 5.36. The summed E-state index contributed by atoms with van der Waals surface area (Å²) < 4.78 is 0. The quantitative estimate of drug-likeness (QED) is 0.831. The summed E-state index contributed by atoms with van der Waals surface area (Å²) in [5.74, 6) is -0.585. The zero-order valence-electron chi connectivity index (χ0n) is 10.5. The van der Waals surface area contributed by atoms with Crippen LogP contribution in [0.15, 0.2) is 48.8 Å². The molecule has 100 valence electrons. The Morgan fingerprint density at radius 1 is 0.750 bits per heavy atom. The van der Waals surface area contributed by atoms with Gasteiger partial charge in [0.05, 0.1) is 11.4 Å². The highest BCUT2D eigenvalue weighted by atomic mass is 16.2. The molecule has 0 aromatic carbocycles. The van der Waals surface area contributed by atoms with Gasteiger partial charge >= 0.3 is 0 Å². The van der Waals surface area contributed by atoms with Crippen molar-refractivity contribution >= 4 is 11.8 Å². The van der Waals surface area contributed by atoms with Crippen molar-refractivity contribution in [2.75, 3.05) is 0 Å². The molecule has 2 atom stereocenters. The number of hydrogen-bond acceptors (Lipinski definition) is 4. The lowest BCUT2D eigenvalue weighted by Gasteiger charge is -2.28. The molecule has 1 fully saturated rings. The van der Waals surface area contributed by atoms with Crippen LogP contribution in [-0.2, 0) is 9.59 Å². The number of rotatable bonds is 2. The van der Waals surface area contributed by atoms with E-state index in [0.29, 0.717) is 11.4 Å². The lowest BCUT2D eigenvalue weighted by Crippen LogP contribution is -2.53. The summed E-state index contributed by atoms with van der Waals surface area (Å²) in [5.41, 5.74) is 1.02. The lowest BCUT2D eigenvalue weighted by atomic mass is 10.0. The van der Waals surface area contributed by atoms with Gasteiger partial charge in [0.2, 0.25) is 11.8 Å². The summed E-state index contributed by atoms with van der Waals surface area (Å²) >= 11 is 0. The summed E-state index contributed by atoms with van der Waals surface area (Å²) in [4.78, 5) is 32.4. The number of carbonyl (C=O) groups excluding carboxylic acids is 2. The minimum atomic E-state index is -0.760. The van der Waals surface area contributed by atoms with E-state index in [9.17, 15) is 9.59 Å². The van der Waals surface area contributed by atoms with Gasteiger partial charge in [-0.15, -0.1) is 0 Å². The maximum atomic E-state index is 12.1. The monoisotopic (exact) mass is 268 g/mol. The molecule has 6 heteroatoms. The van der Waals surface area contributed by atoms with Crippen molar-refractivity contribution in [1.82, 2.24) is 20.6 Å². The smallest absolute Gasteiger partial charge is 0.249 e. The fraction of sp³-hybridized carbons (Fsp3) is 0.143. The van der Waals surface area contributed by atoms with Crippen LogP contribution in [0, 0.1) is 0 Å². The molecule has 1 aliphatic rings. The van der Waals surface area contributed by atoms with Crippen LogP contribution in [0.5, 0.6) is 0 Å². The third-order valence-electron chi connectivity index (χ3n) is 3.06. The highest BCUT2D eigenvalue weighted by Gasteiger charge is 2.36.